The molecule has 1 aliphatic carbocycles. The maximum atomic E-state index is 12.5. The Labute approximate surface area is 165 Å². The number of urea groups is 1. The number of rotatable bonds is 5. The summed E-state index contributed by atoms with van der Waals surface area (Å²) in [6.07, 6.45) is 7.54. The van der Waals surface area contributed by atoms with Crippen molar-refractivity contribution in [3.8, 4) is 5.75 Å². The number of nitrogens with one attached hydrogen (secondary N) is 1. The summed E-state index contributed by atoms with van der Waals surface area (Å²) in [5.41, 5.74) is 3.39. The summed E-state index contributed by atoms with van der Waals surface area (Å²) in [7, 11) is 1.66. The quantitative estimate of drug-likeness (QED) is 0.862. The lowest BCUT2D eigenvalue weighted by atomic mass is 10.1. The molecule has 4 rings (SSSR count). The Kier molecular flexibility index (Phi) is 5.41. The molecule has 0 atom stereocenters. The largest absolute Gasteiger partial charge is 0.497 e. The van der Waals surface area contributed by atoms with Gasteiger partial charge in [-0.3, -0.25) is 0 Å². The number of nitrogens with zero attached hydrogens (tertiary/aromatic N) is 4. The van der Waals surface area contributed by atoms with Gasteiger partial charge in [0.1, 0.15) is 17.9 Å². The molecule has 0 unspecified atom stereocenters. The summed E-state index contributed by atoms with van der Waals surface area (Å²) in [6, 6.07) is 7.93. The molecule has 28 heavy (non-hydrogen) atoms. The highest BCUT2D eigenvalue weighted by atomic mass is 16.5. The van der Waals surface area contributed by atoms with E-state index in [0.29, 0.717) is 19.6 Å². The van der Waals surface area contributed by atoms with Crippen LogP contribution in [0.2, 0.25) is 0 Å². The summed E-state index contributed by atoms with van der Waals surface area (Å²) in [5, 5.41) is 3.03. The Morgan fingerprint density at radius 1 is 1.14 bits per heavy atom. The van der Waals surface area contributed by atoms with Gasteiger partial charge in [-0.15, -0.1) is 0 Å². The van der Waals surface area contributed by atoms with Gasteiger partial charge in [-0.1, -0.05) is 24.3 Å². The molecule has 1 aromatic heterocycles. The van der Waals surface area contributed by atoms with Gasteiger partial charge in [0.15, 0.2) is 0 Å². The predicted octanol–water partition coefficient (Wildman–Crippen LogP) is 2.13. The van der Waals surface area contributed by atoms with E-state index in [1.165, 1.54) is 5.56 Å². The molecule has 0 saturated carbocycles. The van der Waals surface area contributed by atoms with Crippen molar-refractivity contribution in [2.45, 2.75) is 12.8 Å². The van der Waals surface area contributed by atoms with E-state index in [4.69, 9.17) is 4.74 Å². The number of methoxy groups -OCH3 is 1. The fraction of sp³-hybridized carbons (Fsp3) is 0.381. The molecule has 1 aliphatic heterocycles. The lowest BCUT2D eigenvalue weighted by Crippen LogP contribution is -2.52. The Hall–Kier alpha value is -3.09. The average Bonchev–Trinajstić information content (AvgIpc) is 3.23. The first-order valence-electron chi connectivity index (χ1n) is 9.65. The summed E-state index contributed by atoms with van der Waals surface area (Å²) in [6.45, 7) is 3.57. The maximum Gasteiger partial charge on any atom is 0.317 e. The number of allylic oxidation sites excluding steroid dienone is 1. The average molecular weight is 379 g/mol. The highest BCUT2D eigenvalue weighted by Crippen LogP contribution is 2.26. The zero-order valence-corrected chi connectivity index (χ0v) is 16.1. The number of fused-ring (bicyclic) bond motifs is 1. The summed E-state index contributed by atoms with van der Waals surface area (Å²) in [5.74, 6) is 1.83. The first-order valence-corrected chi connectivity index (χ1v) is 9.65. The van der Waals surface area contributed by atoms with Crippen LogP contribution in [0.4, 0.5) is 10.6 Å². The third-order valence-corrected chi connectivity index (χ3v) is 5.26. The molecule has 1 N–H and O–H groups in total. The number of amides is 2. The molecule has 1 aromatic carbocycles. The predicted molar refractivity (Wildman–Crippen MR) is 109 cm³/mol. The molecule has 2 aliphatic rings. The SMILES string of the molecule is COc1ccc(CCNC(=O)N2CCN(c3ncnc4c3C=CC4)CC2)cc1. The number of hydrogen-bond donors (Lipinski definition) is 1. The summed E-state index contributed by atoms with van der Waals surface area (Å²) in [4.78, 5) is 25.4. The number of piperazine rings is 1. The second kappa shape index (κ2) is 8.29. The molecule has 0 spiro atoms. The minimum atomic E-state index is 0.000902. The van der Waals surface area contributed by atoms with Crippen LogP contribution in [0.5, 0.6) is 5.75 Å². The lowest BCUT2D eigenvalue weighted by Gasteiger charge is -2.36. The van der Waals surface area contributed by atoms with Crippen LogP contribution in [0.15, 0.2) is 36.7 Å². The number of ether oxygens (including phenoxy) is 1. The van der Waals surface area contributed by atoms with Crippen LogP contribution >= 0.6 is 0 Å². The van der Waals surface area contributed by atoms with Crippen LogP contribution in [0, 0.1) is 0 Å². The monoisotopic (exact) mass is 379 g/mol. The second-order valence-electron chi connectivity index (χ2n) is 6.97. The third kappa shape index (κ3) is 3.93. The van der Waals surface area contributed by atoms with Crippen LogP contribution in [0.1, 0.15) is 16.8 Å². The van der Waals surface area contributed by atoms with E-state index < -0.39 is 0 Å². The van der Waals surface area contributed by atoms with Crippen LogP contribution in [-0.2, 0) is 12.8 Å². The minimum Gasteiger partial charge on any atom is -0.497 e. The van der Waals surface area contributed by atoms with Gasteiger partial charge in [-0.05, 0) is 24.1 Å². The molecule has 0 radical (unpaired) electrons. The summed E-state index contributed by atoms with van der Waals surface area (Å²) < 4.78 is 5.16. The molecule has 2 aromatic rings. The van der Waals surface area contributed by atoms with E-state index in [1.807, 2.05) is 29.2 Å². The van der Waals surface area contributed by atoms with Crippen molar-refractivity contribution in [1.82, 2.24) is 20.2 Å². The van der Waals surface area contributed by atoms with E-state index in [0.717, 1.165) is 48.8 Å². The van der Waals surface area contributed by atoms with Gasteiger partial charge in [0.05, 0.1) is 12.8 Å². The van der Waals surface area contributed by atoms with E-state index in [1.54, 1.807) is 13.4 Å². The zero-order chi connectivity index (χ0) is 19.3. The molecular formula is C21H25N5O2. The van der Waals surface area contributed by atoms with Crippen molar-refractivity contribution >= 4 is 17.9 Å². The molecule has 146 valence electrons. The zero-order valence-electron chi connectivity index (χ0n) is 16.1. The Bertz CT molecular complexity index is 858. The van der Waals surface area contributed by atoms with Gasteiger partial charge in [0.25, 0.3) is 0 Å². The molecule has 7 heteroatoms. The highest BCUT2D eigenvalue weighted by Gasteiger charge is 2.24. The first-order chi connectivity index (χ1) is 13.7. The fourth-order valence-corrected chi connectivity index (χ4v) is 3.63. The number of aromatic nitrogens is 2. The van der Waals surface area contributed by atoms with E-state index in [9.17, 15) is 4.79 Å². The van der Waals surface area contributed by atoms with E-state index >= 15 is 0 Å². The topological polar surface area (TPSA) is 70.6 Å². The van der Waals surface area contributed by atoms with E-state index in [-0.39, 0.29) is 6.03 Å². The molecular weight excluding hydrogens is 354 g/mol. The maximum absolute atomic E-state index is 12.5. The third-order valence-electron chi connectivity index (χ3n) is 5.26. The number of carbonyl (C=O) groups excluding carboxylic acids is 1. The molecule has 2 heterocycles. The van der Waals surface area contributed by atoms with Gasteiger partial charge >= 0.3 is 6.03 Å². The van der Waals surface area contributed by atoms with E-state index in [2.05, 4.69) is 32.3 Å². The standard InChI is InChI=1S/C21H25N5O2/c1-28-17-7-5-16(6-8-17)9-10-22-21(27)26-13-11-25(12-14-26)20-18-3-2-4-19(18)23-15-24-20/h2-3,5-8,15H,4,9-14H2,1H3,(H,22,27). The van der Waals surface area contributed by atoms with Crippen LogP contribution < -0.4 is 15.0 Å². The van der Waals surface area contributed by atoms with Gasteiger partial charge in [-0.2, -0.15) is 0 Å². The Morgan fingerprint density at radius 3 is 2.68 bits per heavy atom. The smallest absolute Gasteiger partial charge is 0.317 e. The number of benzene rings is 1. The van der Waals surface area contributed by atoms with Crippen LogP contribution in [-0.4, -0.2) is 60.7 Å². The normalized spacial score (nSPS) is 15.5. The molecule has 7 nitrogen and oxygen atoms in total. The molecule has 1 saturated heterocycles. The second-order valence-corrected chi connectivity index (χ2v) is 6.97. The van der Waals surface area contributed by atoms with Crippen molar-refractivity contribution in [2.75, 3.05) is 44.7 Å². The highest BCUT2D eigenvalue weighted by molar-refractivity contribution is 5.75. The summed E-state index contributed by atoms with van der Waals surface area (Å²) >= 11 is 0. The van der Waals surface area contributed by atoms with Crippen LogP contribution in [0.3, 0.4) is 0 Å². The van der Waals surface area contributed by atoms with Gasteiger partial charge < -0.3 is 19.9 Å². The lowest BCUT2D eigenvalue weighted by molar-refractivity contribution is 0.194. The number of anilines is 1. The van der Waals surface area contributed by atoms with Crippen molar-refractivity contribution in [3.63, 3.8) is 0 Å². The number of hydrogen-bond acceptors (Lipinski definition) is 5. The van der Waals surface area contributed by atoms with Crippen LogP contribution in [0.25, 0.3) is 6.08 Å². The minimum absolute atomic E-state index is 0.000902. The first kappa shape index (κ1) is 18.3. The molecule has 0 bridgehead atoms. The number of carbonyl (C=O) groups is 1. The van der Waals surface area contributed by atoms with Gasteiger partial charge in [0.2, 0.25) is 0 Å². The van der Waals surface area contributed by atoms with Gasteiger partial charge in [0, 0.05) is 44.7 Å². The Morgan fingerprint density at radius 2 is 1.93 bits per heavy atom. The Balaban J connectivity index is 1.25. The van der Waals surface area contributed by atoms with Crippen molar-refractivity contribution in [2.24, 2.45) is 0 Å². The molecule has 1 fully saturated rings. The molecule has 2 amide bonds. The van der Waals surface area contributed by atoms with Crippen molar-refractivity contribution in [1.29, 1.82) is 0 Å². The van der Waals surface area contributed by atoms with Gasteiger partial charge in [-0.25, -0.2) is 14.8 Å². The van der Waals surface area contributed by atoms with Crippen molar-refractivity contribution < 1.29 is 9.53 Å². The fourth-order valence-electron chi connectivity index (χ4n) is 3.63. The van der Waals surface area contributed by atoms with Crippen molar-refractivity contribution in [3.05, 3.63) is 53.5 Å².